The summed E-state index contributed by atoms with van der Waals surface area (Å²) in [5.74, 6) is -2.24. The van der Waals surface area contributed by atoms with E-state index in [1.54, 1.807) is 5.38 Å². The van der Waals surface area contributed by atoms with Crippen molar-refractivity contribution in [3.63, 3.8) is 0 Å². The predicted octanol–water partition coefficient (Wildman–Crippen LogP) is 2.95. The van der Waals surface area contributed by atoms with E-state index < -0.39 is 34.9 Å². The standard InChI is InChI=1S/C19H12N4O5S/c24-15(21-19-20-13(10-29-19)11-5-2-1-3-6-11)9-22-17(25)12-7-4-8-14(23(27)28)16(12)18(22)26/h1-8,10H,9H2,(H,20,21,24). The number of hydrogen-bond donors (Lipinski definition) is 1. The molecule has 10 heteroatoms. The number of amides is 3. The van der Waals surface area contributed by atoms with Gasteiger partial charge in [0.1, 0.15) is 12.1 Å². The molecular formula is C19H12N4O5S. The minimum Gasteiger partial charge on any atom is -0.300 e. The maximum Gasteiger partial charge on any atom is 0.282 e. The molecule has 144 valence electrons. The number of carbonyl (C=O) groups is 3. The third-order valence-corrected chi connectivity index (χ3v) is 5.05. The van der Waals surface area contributed by atoms with Gasteiger partial charge in [-0.3, -0.25) is 29.4 Å². The fourth-order valence-corrected chi connectivity index (χ4v) is 3.72. The van der Waals surface area contributed by atoms with Crippen LogP contribution in [0, 0.1) is 10.1 Å². The molecule has 0 saturated carbocycles. The van der Waals surface area contributed by atoms with E-state index in [1.165, 1.54) is 23.5 Å². The number of fused-ring (bicyclic) bond motifs is 1. The molecule has 0 spiro atoms. The third-order valence-electron chi connectivity index (χ3n) is 4.30. The van der Waals surface area contributed by atoms with Crippen molar-refractivity contribution < 1.29 is 19.3 Å². The minimum absolute atomic E-state index is 0.0855. The predicted molar refractivity (Wildman–Crippen MR) is 105 cm³/mol. The Morgan fingerprint density at radius 1 is 1.10 bits per heavy atom. The van der Waals surface area contributed by atoms with E-state index in [0.717, 1.165) is 11.6 Å². The second-order valence-corrected chi connectivity index (χ2v) is 6.96. The van der Waals surface area contributed by atoms with E-state index in [2.05, 4.69) is 10.3 Å². The summed E-state index contributed by atoms with van der Waals surface area (Å²) in [6.45, 7) is -0.566. The highest BCUT2D eigenvalue weighted by Gasteiger charge is 2.41. The van der Waals surface area contributed by atoms with Gasteiger partial charge >= 0.3 is 0 Å². The van der Waals surface area contributed by atoms with Crippen LogP contribution >= 0.6 is 11.3 Å². The molecule has 1 N–H and O–H groups in total. The lowest BCUT2D eigenvalue weighted by Crippen LogP contribution is -2.37. The number of benzene rings is 2. The Labute approximate surface area is 167 Å². The van der Waals surface area contributed by atoms with E-state index in [4.69, 9.17) is 0 Å². The number of nitro benzene ring substituents is 1. The smallest absolute Gasteiger partial charge is 0.282 e. The Hall–Kier alpha value is -3.92. The Balaban J connectivity index is 1.49. The van der Waals surface area contributed by atoms with Crippen molar-refractivity contribution in [2.45, 2.75) is 0 Å². The molecule has 0 bridgehead atoms. The number of carbonyl (C=O) groups excluding carboxylic acids is 3. The van der Waals surface area contributed by atoms with Gasteiger partial charge in [0, 0.05) is 17.0 Å². The number of nitro groups is 1. The first-order valence-electron chi connectivity index (χ1n) is 8.40. The second kappa shape index (κ2) is 7.24. The maximum atomic E-state index is 12.5. The number of thiazole rings is 1. The first kappa shape index (κ1) is 18.4. The Bertz CT molecular complexity index is 1160. The number of nitrogens with zero attached hydrogens (tertiary/aromatic N) is 3. The van der Waals surface area contributed by atoms with E-state index >= 15 is 0 Å². The van der Waals surface area contributed by atoms with E-state index in [1.807, 2.05) is 30.3 Å². The van der Waals surface area contributed by atoms with Crippen molar-refractivity contribution >= 4 is 39.9 Å². The van der Waals surface area contributed by atoms with Gasteiger partial charge in [-0.05, 0) is 6.07 Å². The Morgan fingerprint density at radius 2 is 1.86 bits per heavy atom. The summed E-state index contributed by atoms with van der Waals surface area (Å²) in [4.78, 5) is 52.7. The van der Waals surface area contributed by atoms with Crippen molar-refractivity contribution in [3.05, 3.63) is 75.2 Å². The molecule has 0 aliphatic carbocycles. The van der Waals surface area contributed by atoms with Gasteiger partial charge in [-0.2, -0.15) is 0 Å². The Kier molecular flexibility index (Phi) is 4.61. The number of aromatic nitrogens is 1. The van der Waals surface area contributed by atoms with Crippen molar-refractivity contribution in [1.29, 1.82) is 0 Å². The number of nitrogens with one attached hydrogen (secondary N) is 1. The topological polar surface area (TPSA) is 123 Å². The van der Waals surface area contributed by atoms with Crippen LogP contribution in [0.2, 0.25) is 0 Å². The molecular weight excluding hydrogens is 396 g/mol. The average Bonchev–Trinajstić information content (AvgIpc) is 3.27. The SMILES string of the molecule is O=C(CN1C(=O)c2cccc([N+](=O)[O-])c2C1=O)Nc1nc(-c2ccccc2)cs1. The molecule has 3 amide bonds. The number of imide groups is 1. The highest BCUT2D eigenvalue weighted by atomic mass is 32.1. The van der Waals surface area contributed by atoms with Crippen LogP contribution in [-0.2, 0) is 4.79 Å². The number of anilines is 1. The maximum absolute atomic E-state index is 12.5. The molecule has 9 nitrogen and oxygen atoms in total. The fraction of sp³-hybridized carbons (Fsp3) is 0.0526. The molecule has 0 saturated heterocycles. The zero-order valence-corrected chi connectivity index (χ0v) is 15.5. The summed E-state index contributed by atoms with van der Waals surface area (Å²) < 4.78 is 0. The number of hydrogen-bond acceptors (Lipinski definition) is 7. The van der Waals surface area contributed by atoms with Crippen LogP contribution in [0.5, 0.6) is 0 Å². The minimum atomic E-state index is -0.864. The molecule has 1 aliphatic heterocycles. The lowest BCUT2D eigenvalue weighted by molar-refractivity contribution is -0.385. The molecule has 1 aromatic heterocycles. The molecule has 4 rings (SSSR count). The summed E-state index contributed by atoms with van der Waals surface area (Å²) in [6.07, 6.45) is 0. The summed E-state index contributed by atoms with van der Waals surface area (Å²) in [5.41, 5.74) is 0.726. The van der Waals surface area contributed by atoms with Gasteiger partial charge < -0.3 is 5.32 Å². The van der Waals surface area contributed by atoms with Crippen LogP contribution in [0.3, 0.4) is 0 Å². The summed E-state index contributed by atoms with van der Waals surface area (Å²) >= 11 is 1.21. The highest BCUT2D eigenvalue weighted by Crippen LogP contribution is 2.31. The first-order valence-corrected chi connectivity index (χ1v) is 9.28. The molecule has 2 aromatic carbocycles. The molecule has 2 heterocycles. The molecule has 0 unspecified atom stereocenters. The highest BCUT2D eigenvalue weighted by molar-refractivity contribution is 7.14. The van der Waals surface area contributed by atoms with Gasteiger partial charge in [0.2, 0.25) is 5.91 Å². The largest absolute Gasteiger partial charge is 0.300 e. The van der Waals surface area contributed by atoms with Crippen LogP contribution in [0.15, 0.2) is 53.9 Å². The van der Waals surface area contributed by atoms with Crippen molar-refractivity contribution in [2.24, 2.45) is 0 Å². The van der Waals surface area contributed by atoms with Crippen LogP contribution in [0.4, 0.5) is 10.8 Å². The summed E-state index contributed by atoms with van der Waals surface area (Å²) in [7, 11) is 0. The molecule has 29 heavy (non-hydrogen) atoms. The monoisotopic (exact) mass is 408 g/mol. The van der Waals surface area contributed by atoms with E-state index in [-0.39, 0.29) is 11.1 Å². The molecule has 0 fully saturated rings. The molecule has 0 atom stereocenters. The van der Waals surface area contributed by atoms with Gasteiger partial charge in [0.25, 0.3) is 17.5 Å². The average molecular weight is 408 g/mol. The second-order valence-electron chi connectivity index (χ2n) is 6.11. The van der Waals surface area contributed by atoms with Gasteiger partial charge in [-0.25, -0.2) is 4.98 Å². The fourth-order valence-electron chi connectivity index (χ4n) is 2.99. The van der Waals surface area contributed by atoms with Crippen LogP contribution in [0.25, 0.3) is 11.3 Å². The molecule has 1 aliphatic rings. The lowest BCUT2D eigenvalue weighted by Gasteiger charge is -2.12. The first-order chi connectivity index (χ1) is 14.0. The summed E-state index contributed by atoms with van der Waals surface area (Å²) in [6, 6.07) is 13.2. The van der Waals surface area contributed by atoms with Crippen molar-refractivity contribution in [3.8, 4) is 11.3 Å². The van der Waals surface area contributed by atoms with Gasteiger partial charge in [0.15, 0.2) is 5.13 Å². The molecule has 0 radical (unpaired) electrons. The Morgan fingerprint density at radius 3 is 2.59 bits per heavy atom. The van der Waals surface area contributed by atoms with Gasteiger partial charge in [-0.15, -0.1) is 11.3 Å². The zero-order chi connectivity index (χ0) is 20.5. The van der Waals surface area contributed by atoms with Crippen LogP contribution in [0.1, 0.15) is 20.7 Å². The van der Waals surface area contributed by atoms with Gasteiger partial charge in [-0.1, -0.05) is 36.4 Å². The normalized spacial score (nSPS) is 12.8. The zero-order valence-electron chi connectivity index (χ0n) is 14.7. The summed E-state index contributed by atoms with van der Waals surface area (Å²) in [5, 5.41) is 15.8. The number of rotatable bonds is 5. The van der Waals surface area contributed by atoms with E-state index in [9.17, 15) is 24.5 Å². The van der Waals surface area contributed by atoms with Crippen LogP contribution < -0.4 is 5.32 Å². The molecule has 3 aromatic rings. The lowest BCUT2D eigenvalue weighted by atomic mass is 10.1. The van der Waals surface area contributed by atoms with Crippen LogP contribution in [-0.4, -0.2) is 39.1 Å². The van der Waals surface area contributed by atoms with Gasteiger partial charge in [0.05, 0.1) is 16.2 Å². The van der Waals surface area contributed by atoms with E-state index in [0.29, 0.717) is 15.7 Å². The van der Waals surface area contributed by atoms with Crippen molar-refractivity contribution in [2.75, 3.05) is 11.9 Å². The quantitative estimate of drug-likeness (QED) is 0.393. The van der Waals surface area contributed by atoms with Crippen molar-refractivity contribution in [1.82, 2.24) is 9.88 Å². The third kappa shape index (κ3) is 3.36.